The van der Waals surface area contributed by atoms with Crippen LogP contribution in [0.25, 0.3) is 0 Å². The molecule has 0 unspecified atom stereocenters. The van der Waals surface area contributed by atoms with Gasteiger partial charge in [-0.3, -0.25) is 4.72 Å². The molecular weight excluding hydrogens is 284 g/mol. The van der Waals surface area contributed by atoms with E-state index >= 15 is 0 Å². The Hall–Kier alpha value is -1.64. The lowest BCUT2D eigenvalue weighted by Crippen LogP contribution is -2.43. The number of aromatic carboxylic acids is 1. The maximum absolute atomic E-state index is 12.1. The molecule has 0 atom stereocenters. The molecule has 2 N–H and O–H groups in total. The second kappa shape index (κ2) is 5.78. The molecule has 0 spiro atoms. The highest BCUT2D eigenvalue weighted by atomic mass is 32.2. The number of morpholine rings is 1. The van der Waals surface area contributed by atoms with E-state index in [-0.39, 0.29) is 24.3 Å². The lowest BCUT2D eigenvalue weighted by atomic mass is 10.1. The van der Waals surface area contributed by atoms with Crippen molar-refractivity contribution >= 4 is 21.9 Å². The Kier molecular flexibility index (Phi) is 4.26. The number of hydrogen-bond donors (Lipinski definition) is 2. The van der Waals surface area contributed by atoms with Crippen LogP contribution in [0, 0.1) is 6.92 Å². The highest BCUT2D eigenvalue weighted by Crippen LogP contribution is 2.18. The molecule has 0 amide bonds. The fraction of sp³-hybridized carbons (Fsp3) is 0.417. The Bertz CT molecular complexity index is 608. The molecule has 0 radical (unpaired) electrons. The second-order valence-electron chi connectivity index (χ2n) is 4.45. The molecule has 1 heterocycles. The molecule has 1 aliphatic heterocycles. The summed E-state index contributed by atoms with van der Waals surface area (Å²) in [5.74, 6) is -1.09. The maximum Gasteiger partial charge on any atom is 0.336 e. The highest BCUT2D eigenvalue weighted by Gasteiger charge is 2.24. The Morgan fingerprint density at radius 2 is 2.00 bits per heavy atom. The first-order chi connectivity index (χ1) is 9.40. The van der Waals surface area contributed by atoms with E-state index in [1.54, 1.807) is 19.1 Å². The number of carboxylic acid groups (broad SMARTS) is 1. The number of benzene rings is 1. The van der Waals surface area contributed by atoms with Gasteiger partial charge in [0.1, 0.15) is 0 Å². The van der Waals surface area contributed by atoms with Gasteiger partial charge in [0.2, 0.25) is 0 Å². The first kappa shape index (κ1) is 14.8. The lowest BCUT2D eigenvalue weighted by molar-refractivity contribution is 0.0696. The molecule has 20 heavy (non-hydrogen) atoms. The number of nitrogens with zero attached hydrogens (tertiary/aromatic N) is 1. The van der Waals surface area contributed by atoms with Gasteiger partial charge in [-0.15, -0.1) is 0 Å². The van der Waals surface area contributed by atoms with Crippen molar-refractivity contribution in [2.45, 2.75) is 6.92 Å². The summed E-state index contributed by atoms with van der Waals surface area (Å²) in [4.78, 5) is 11.0. The number of ether oxygens (including phenoxy) is 1. The fourth-order valence-electron chi connectivity index (χ4n) is 1.92. The summed E-state index contributed by atoms with van der Waals surface area (Å²) < 4.78 is 33.0. The monoisotopic (exact) mass is 300 g/mol. The van der Waals surface area contributed by atoms with Crippen molar-refractivity contribution in [1.82, 2.24) is 4.31 Å². The van der Waals surface area contributed by atoms with Crippen LogP contribution in [0.15, 0.2) is 18.2 Å². The molecule has 0 bridgehead atoms. The average Bonchev–Trinajstić information content (AvgIpc) is 2.41. The van der Waals surface area contributed by atoms with Crippen molar-refractivity contribution in [2.75, 3.05) is 31.0 Å². The van der Waals surface area contributed by atoms with Crippen LogP contribution < -0.4 is 4.72 Å². The smallest absolute Gasteiger partial charge is 0.336 e. The van der Waals surface area contributed by atoms with E-state index in [0.29, 0.717) is 18.8 Å². The predicted octanol–water partition coefficient (Wildman–Crippen LogP) is 0.682. The quantitative estimate of drug-likeness (QED) is 0.852. The molecular formula is C12H16N2O5S. The van der Waals surface area contributed by atoms with E-state index in [9.17, 15) is 13.2 Å². The molecule has 8 heteroatoms. The maximum atomic E-state index is 12.1. The van der Waals surface area contributed by atoms with E-state index < -0.39 is 16.2 Å². The molecule has 0 aliphatic carbocycles. The minimum Gasteiger partial charge on any atom is -0.478 e. The lowest BCUT2D eigenvalue weighted by Gasteiger charge is -2.26. The van der Waals surface area contributed by atoms with Crippen molar-refractivity contribution in [3.63, 3.8) is 0 Å². The summed E-state index contributed by atoms with van der Waals surface area (Å²) in [5, 5.41) is 9.03. The van der Waals surface area contributed by atoms with Gasteiger partial charge in [0.15, 0.2) is 0 Å². The van der Waals surface area contributed by atoms with Crippen LogP contribution in [0.5, 0.6) is 0 Å². The molecule has 1 aromatic carbocycles. The number of carboxylic acids is 1. The van der Waals surface area contributed by atoms with Crippen molar-refractivity contribution in [3.05, 3.63) is 29.3 Å². The zero-order valence-electron chi connectivity index (χ0n) is 11.0. The van der Waals surface area contributed by atoms with E-state index in [1.165, 1.54) is 10.4 Å². The van der Waals surface area contributed by atoms with Gasteiger partial charge in [-0.2, -0.15) is 12.7 Å². The zero-order chi connectivity index (χ0) is 14.8. The third-order valence-electron chi connectivity index (χ3n) is 3.02. The van der Waals surface area contributed by atoms with Gasteiger partial charge in [-0.05, 0) is 24.6 Å². The Balaban J connectivity index is 2.20. The fourth-order valence-corrected chi connectivity index (χ4v) is 3.10. The van der Waals surface area contributed by atoms with Crippen LogP contribution in [0.3, 0.4) is 0 Å². The molecule has 0 saturated carbocycles. The first-order valence-electron chi connectivity index (χ1n) is 6.10. The van der Waals surface area contributed by atoms with Gasteiger partial charge in [-0.1, -0.05) is 6.07 Å². The van der Waals surface area contributed by atoms with Crippen molar-refractivity contribution in [2.24, 2.45) is 0 Å². The second-order valence-corrected chi connectivity index (χ2v) is 6.12. The summed E-state index contributed by atoms with van der Waals surface area (Å²) in [7, 11) is -3.68. The number of carbonyl (C=O) groups is 1. The number of nitrogens with one attached hydrogen (secondary N) is 1. The van der Waals surface area contributed by atoms with E-state index in [1.807, 2.05) is 0 Å². The van der Waals surface area contributed by atoms with Gasteiger partial charge >= 0.3 is 16.2 Å². The number of anilines is 1. The van der Waals surface area contributed by atoms with Crippen LogP contribution in [-0.2, 0) is 14.9 Å². The molecule has 1 aromatic rings. The normalized spacial score (nSPS) is 16.9. The van der Waals surface area contributed by atoms with Gasteiger partial charge in [-0.25, -0.2) is 4.79 Å². The molecule has 110 valence electrons. The third-order valence-corrected chi connectivity index (χ3v) is 4.56. The van der Waals surface area contributed by atoms with Crippen molar-refractivity contribution in [3.8, 4) is 0 Å². The summed E-state index contributed by atoms with van der Waals surface area (Å²) in [6.45, 7) is 2.94. The molecule has 1 fully saturated rings. The van der Waals surface area contributed by atoms with E-state index in [2.05, 4.69) is 4.72 Å². The SMILES string of the molecule is Cc1ccc(NS(=O)(=O)N2CCOCC2)cc1C(=O)O. The van der Waals surface area contributed by atoms with Gasteiger partial charge in [0.05, 0.1) is 24.5 Å². The topological polar surface area (TPSA) is 95.9 Å². The number of aryl methyl sites for hydroxylation is 1. The van der Waals surface area contributed by atoms with Gasteiger partial charge in [0, 0.05) is 13.1 Å². The van der Waals surface area contributed by atoms with Crippen LogP contribution in [0.2, 0.25) is 0 Å². The minimum atomic E-state index is -3.68. The zero-order valence-corrected chi connectivity index (χ0v) is 11.8. The average molecular weight is 300 g/mol. The van der Waals surface area contributed by atoms with Crippen LogP contribution >= 0.6 is 0 Å². The largest absolute Gasteiger partial charge is 0.478 e. The molecule has 0 aromatic heterocycles. The Labute approximate surface area is 117 Å². The molecule has 7 nitrogen and oxygen atoms in total. The van der Waals surface area contributed by atoms with Crippen molar-refractivity contribution < 1.29 is 23.1 Å². The van der Waals surface area contributed by atoms with Crippen molar-refractivity contribution in [1.29, 1.82) is 0 Å². The first-order valence-corrected chi connectivity index (χ1v) is 7.54. The Morgan fingerprint density at radius 1 is 1.35 bits per heavy atom. The number of hydrogen-bond acceptors (Lipinski definition) is 4. The highest BCUT2D eigenvalue weighted by molar-refractivity contribution is 7.90. The van der Waals surface area contributed by atoms with Gasteiger partial charge < -0.3 is 9.84 Å². The molecule has 1 saturated heterocycles. The summed E-state index contributed by atoms with van der Waals surface area (Å²) in [6, 6.07) is 4.43. The third kappa shape index (κ3) is 3.27. The predicted molar refractivity (Wildman–Crippen MR) is 73.1 cm³/mol. The molecule has 1 aliphatic rings. The van der Waals surface area contributed by atoms with E-state index in [4.69, 9.17) is 9.84 Å². The summed E-state index contributed by atoms with van der Waals surface area (Å²) in [5.41, 5.74) is 0.887. The van der Waals surface area contributed by atoms with Crippen LogP contribution in [-0.4, -0.2) is 50.1 Å². The van der Waals surface area contributed by atoms with Crippen LogP contribution in [0.1, 0.15) is 15.9 Å². The number of rotatable bonds is 4. The Morgan fingerprint density at radius 3 is 2.60 bits per heavy atom. The summed E-state index contributed by atoms with van der Waals surface area (Å²) >= 11 is 0. The summed E-state index contributed by atoms with van der Waals surface area (Å²) in [6.07, 6.45) is 0. The van der Waals surface area contributed by atoms with Crippen LogP contribution in [0.4, 0.5) is 5.69 Å². The van der Waals surface area contributed by atoms with Gasteiger partial charge in [0.25, 0.3) is 0 Å². The minimum absolute atomic E-state index is 0.0761. The molecule has 2 rings (SSSR count). The standard InChI is InChI=1S/C12H16N2O5S/c1-9-2-3-10(8-11(9)12(15)16)13-20(17,18)14-4-6-19-7-5-14/h2-3,8,13H,4-7H2,1H3,(H,15,16). The van der Waals surface area contributed by atoms with E-state index in [0.717, 1.165) is 0 Å².